The predicted octanol–water partition coefficient (Wildman–Crippen LogP) is 14.8. The average molecular weight is 699 g/mol. The van der Waals surface area contributed by atoms with Crippen LogP contribution in [-0.4, -0.2) is 0 Å². The fourth-order valence-electron chi connectivity index (χ4n) is 8.14. The highest BCUT2D eigenvalue weighted by Crippen LogP contribution is 2.51. The molecule has 0 N–H and O–H groups in total. The molecule has 0 unspecified atom stereocenters. The van der Waals surface area contributed by atoms with Crippen LogP contribution in [0.5, 0.6) is 0 Å². The monoisotopic (exact) mass is 698 g/mol. The molecular formula is C50H42N4. The van der Waals surface area contributed by atoms with Gasteiger partial charge in [0.25, 0.3) is 0 Å². The van der Waals surface area contributed by atoms with Crippen LogP contribution in [0, 0.1) is 31.8 Å². The van der Waals surface area contributed by atoms with E-state index < -0.39 is 0 Å². The highest BCUT2D eigenvalue weighted by atomic mass is 15.2. The summed E-state index contributed by atoms with van der Waals surface area (Å²) in [6, 6.07) is 49.4. The molecule has 8 rings (SSSR count). The van der Waals surface area contributed by atoms with Crippen LogP contribution in [0.1, 0.15) is 67.3 Å². The standard InChI is InChI=1S/C50H42N4/c1-31(2)43-28-47(53(45-14-10-8-12-33(45)5)37-20-16-35(30-51)17-21-37)41-26-24-40-44(32(3)4)29-48(42-27-25-39(43)49(41)50(40)42)54(46-15-11-9-13-34(46)6)38-22-18-36(52-7)19-23-38/h8-29,31-32H,1-6H3. The van der Waals surface area contributed by atoms with Crippen molar-refractivity contribution in [2.75, 3.05) is 9.80 Å². The van der Waals surface area contributed by atoms with Gasteiger partial charge in [0.2, 0.25) is 0 Å². The SMILES string of the molecule is [C-]#[N+]c1ccc(N(c2ccccc2C)c2cc(C(C)C)c3ccc4c(N(c5ccc(C#N)cc5)c5ccccc5C)cc(C(C)C)c5ccc2c3c54)cc1. The summed E-state index contributed by atoms with van der Waals surface area (Å²) in [5, 5.41) is 17.1. The molecule has 0 saturated heterocycles. The Morgan fingerprint density at radius 2 is 0.926 bits per heavy atom. The van der Waals surface area contributed by atoms with Gasteiger partial charge < -0.3 is 9.80 Å². The molecule has 0 aliphatic carbocycles. The summed E-state index contributed by atoms with van der Waals surface area (Å²) in [5.74, 6) is 0.532. The Hall–Kier alpha value is -6.62. The number of rotatable bonds is 8. The zero-order chi connectivity index (χ0) is 37.7. The fourth-order valence-corrected chi connectivity index (χ4v) is 8.14. The maximum absolute atomic E-state index is 9.67. The van der Waals surface area contributed by atoms with Crippen molar-refractivity contribution in [2.45, 2.75) is 53.4 Å². The van der Waals surface area contributed by atoms with E-state index in [0.717, 1.165) is 34.1 Å². The van der Waals surface area contributed by atoms with E-state index in [4.69, 9.17) is 6.57 Å². The summed E-state index contributed by atoms with van der Waals surface area (Å²) in [6.07, 6.45) is 0. The van der Waals surface area contributed by atoms with Crippen LogP contribution in [-0.2, 0) is 0 Å². The molecule has 0 aliphatic rings. The Kier molecular flexibility index (Phi) is 8.77. The van der Waals surface area contributed by atoms with Gasteiger partial charge in [0.15, 0.2) is 5.69 Å². The molecule has 262 valence electrons. The van der Waals surface area contributed by atoms with Crippen LogP contribution in [0.4, 0.5) is 39.8 Å². The molecule has 0 radical (unpaired) electrons. The first kappa shape index (κ1) is 34.5. The lowest BCUT2D eigenvalue weighted by Gasteiger charge is -2.32. The normalized spacial score (nSPS) is 11.4. The highest BCUT2D eigenvalue weighted by molar-refractivity contribution is 6.29. The molecule has 4 nitrogen and oxygen atoms in total. The van der Waals surface area contributed by atoms with Gasteiger partial charge in [-0.1, -0.05) is 100 Å². The number of anilines is 6. The van der Waals surface area contributed by atoms with Crippen molar-refractivity contribution in [3.8, 4) is 6.07 Å². The lowest BCUT2D eigenvalue weighted by atomic mass is 9.84. The topological polar surface area (TPSA) is 34.6 Å². The van der Waals surface area contributed by atoms with E-state index >= 15 is 0 Å². The van der Waals surface area contributed by atoms with E-state index in [1.54, 1.807) is 0 Å². The maximum Gasteiger partial charge on any atom is 0.187 e. The molecule has 0 saturated carbocycles. The van der Waals surface area contributed by atoms with Gasteiger partial charge in [0.1, 0.15) is 0 Å². The van der Waals surface area contributed by atoms with Crippen molar-refractivity contribution in [1.29, 1.82) is 5.26 Å². The molecule has 0 bridgehead atoms. The maximum atomic E-state index is 9.67. The number of hydrogen-bond donors (Lipinski definition) is 0. The zero-order valence-electron chi connectivity index (χ0n) is 31.6. The number of benzene rings is 8. The third-order valence-corrected chi connectivity index (χ3v) is 10.8. The van der Waals surface area contributed by atoms with Crippen molar-refractivity contribution >= 4 is 72.1 Å². The number of nitrogens with zero attached hydrogens (tertiary/aromatic N) is 4. The summed E-state index contributed by atoms with van der Waals surface area (Å²) in [7, 11) is 0. The van der Waals surface area contributed by atoms with Crippen LogP contribution in [0.15, 0.2) is 133 Å². The summed E-state index contributed by atoms with van der Waals surface area (Å²) >= 11 is 0. The minimum absolute atomic E-state index is 0.265. The Labute approximate surface area is 318 Å². The largest absolute Gasteiger partial charge is 0.310 e. The van der Waals surface area contributed by atoms with E-state index in [9.17, 15) is 5.26 Å². The Morgan fingerprint density at radius 3 is 1.31 bits per heavy atom. The fraction of sp³-hybridized carbons (Fsp3) is 0.160. The van der Waals surface area contributed by atoms with Gasteiger partial charge in [-0.05, 0) is 130 Å². The molecule has 0 aliphatic heterocycles. The van der Waals surface area contributed by atoms with Gasteiger partial charge in [-0.15, -0.1) is 0 Å². The molecule has 0 aromatic heterocycles. The first-order valence-corrected chi connectivity index (χ1v) is 18.7. The minimum atomic E-state index is 0.265. The van der Waals surface area contributed by atoms with Crippen molar-refractivity contribution in [2.24, 2.45) is 0 Å². The van der Waals surface area contributed by atoms with E-state index in [-0.39, 0.29) is 11.8 Å². The third-order valence-electron chi connectivity index (χ3n) is 10.8. The molecule has 0 atom stereocenters. The second kappa shape index (κ2) is 13.7. The third kappa shape index (κ3) is 5.69. The first-order chi connectivity index (χ1) is 26.2. The van der Waals surface area contributed by atoms with Gasteiger partial charge in [0.05, 0.1) is 29.6 Å². The first-order valence-electron chi connectivity index (χ1n) is 18.7. The van der Waals surface area contributed by atoms with Gasteiger partial charge >= 0.3 is 0 Å². The molecule has 8 aromatic carbocycles. The van der Waals surface area contributed by atoms with Crippen molar-refractivity contribution in [3.63, 3.8) is 0 Å². The minimum Gasteiger partial charge on any atom is -0.310 e. The Bertz CT molecular complexity index is 2570. The van der Waals surface area contributed by atoms with Crippen LogP contribution in [0.25, 0.3) is 37.2 Å². The predicted molar refractivity (Wildman–Crippen MR) is 228 cm³/mol. The molecule has 54 heavy (non-hydrogen) atoms. The second-order valence-corrected chi connectivity index (χ2v) is 14.9. The highest BCUT2D eigenvalue weighted by Gasteiger charge is 2.26. The van der Waals surface area contributed by atoms with Gasteiger partial charge in [-0.2, -0.15) is 5.26 Å². The van der Waals surface area contributed by atoms with Crippen LogP contribution < -0.4 is 9.80 Å². The number of hydrogen-bond acceptors (Lipinski definition) is 3. The second-order valence-electron chi connectivity index (χ2n) is 14.9. The molecule has 0 spiro atoms. The van der Waals surface area contributed by atoms with E-state index in [0.29, 0.717) is 11.3 Å². The quantitative estimate of drug-likeness (QED) is 0.117. The van der Waals surface area contributed by atoms with Crippen molar-refractivity contribution in [1.82, 2.24) is 0 Å². The Morgan fingerprint density at radius 1 is 0.519 bits per heavy atom. The smallest absolute Gasteiger partial charge is 0.187 e. The molecule has 8 aromatic rings. The number of aryl methyl sites for hydroxylation is 2. The summed E-state index contributed by atoms with van der Waals surface area (Å²) in [6.45, 7) is 21.1. The molecule has 0 fully saturated rings. The Balaban J connectivity index is 1.52. The lowest BCUT2D eigenvalue weighted by Crippen LogP contribution is -2.14. The van der Waals surface area contributed by atoms with Gasteiger partial charge in [-0.3, -0.25) is 0 Å². The van der Waals surface area contributed by atoms with Gasteiger partial charge in [0, 0.05) is 33.5 Å². The zero-order valence-corrected chi connectivity index (χ0v) is 31.6. The van der Waals surface area contributed by atoms with Crippen molar-refractivity contribution in [3.05, 3.63) is 173 Å². The molecular weight excluding hydrogens is 657 g/mol. The summed E-state index contributed by atoms with van der Waals surface area (Å²) in [4.78, 5) is 8.44. The number of para-hydroxylation sites is 2. The van der Waals surface area contributed by atoms with E-state index in [1.165, 1.54) is 54.6 Å². The molecule has 0 amide bonds. The number of nitriles is 1. The summed E-state index contributed by atoms with van der Waals surface area (Å²) < 4.78 is 0. The van der Waals surface area contributed by atoms with Crippen molar-refractivity contribution < 1.29 is 0 Å². The average Bonchev–Trinajstić information content (AvgIpc) is 3.19. The van der Waals surface area contributed by atoms with Crippen LogP contribution in [0.2, 0.25) is 0 Å². The molecule has 0 heterocycles. The summed E-state index contributed by atoms with van der Waals surface area (Å²) in [5.41, 5.74) is 12.6. The lowest BCUT2D eigenvalue weighted by molar-refractivity contribution is 0.875. The van der Waals surface area contributed by atoms with E-state index in [2.05, 4.69) is 171 Å². The van der Waals surface area contributed by atoms with Crippen LogP contribution in [0.3, 0.4) is 0 Å². The van der Waals surface area contributed by atoms with E-state index in [1.807, 2.05) is 24.3 Å². The van der Waals surface area contributed by atoms with Crippen LogP contribution >= 0.6 is 0 Å². The molecule has 4 heteroatoms. The van der Waals surface area contributed by atoms with Gasteiger partial charge in [-0.25, -0.2) is 4.85 Å².